The third-order valence-corrected chi connectivity index (χ3v) is 6.34. The molecule has 8 heteroatoms. The van der Waals surface area contributed by atoms with E-state index in [0.29, 0.717) is 30.0 Å². The van der Waals surface area contributed by atoms with Gasteiger partial charge in [-0.1, -0.05) is 6.42 Å². The van der Waals surface area contributed by atoms with Crippen molar-refractivity contribution in [2.75, 3.05) is 20.8 Å². The molecule has 0 spiro atoms. The number of carboxylic acids is 1. The van der Waals surface area contributed by atoms with Gasteiger partial charge in [-0.3, -0.25) is 4.79 Å². The number of rotatable bonds is 6. The predicted molar refractivity (Wildman–Crippen MR) is 88.1 cm³/mol. The van der Waals surface area contributed by atoms with Crippen LogP contribution >= 0.6 is 0 Å². The fourth-order valence-corrected chi connectivity index (χ4v) is 4.98. The molecule has 1 aliphatic heterocycles. The summed E-state index contributed by atoms with van der Waals surface area (Å²) < 4.78 is 37.9. The van der Waals surface area contributed by atoms with Gasteiger partial charge in [-0.05, 0) is 31.4 Å². The molecule has 1 atom stereocenters. The molecule has 134 valence electrons. The highest BCUT2D eigenvalue weighted by atomic mass is 32.2. The van der Waals surface area contributed by atoms with Crippen LogP contribution in [0.2, 0.25) is 0 Å². The Morgan fingerprint density at radius 2 is 1.88 bits per heavy atom. The Balaban J connectivity index is 2.46. The van der Waals surface area contributed by atoms with Crippen molar-refractivity contribution in [1.29, 1.82) is 0 Å². The lowest BCUT2D eigenvalue weighted by Crippen LogP contribution is -2.44. The molecule has 0 aliphatic carbocycles. The summed E-state index contributed by atoms with van der Waals surface area (Å²) >= 11 is 0. The minimum absolute atomic E-state index is 0.123. The second-order valence-electron chi connectivity index (χ2n) is 5.84. The van der Waals surface area contributed by atoms with E-state index in [1.54, 1.807) is 13.0 Å². The zero-order valence-electron chi connectivity index (χ0n) is 14.1. The third-order valence-electron chi connectivity index (χ3n) is 4.25. The van der Waals surface area contributed by atoms with Gasteiger partial charge in [-0.15, -0.1) is 0 Å². The number of piperidine rings is 1. The minimum atomic E-state index is -3.81. The summed E-state index contributed by atoms with van der Waals surface area (Å²) in [6.45, 7) is 2.01. The number of benzene rings is 1. The molecule has 1 saturated heterocycles. The highest BCUT2D eigenvalue weighted by Gasteiger charge is 2.36. The Morgan fingerprint density at radius 3 is 2.46 bits per heavy atom. The van der Waals surface area contributed by atoms with Crippen LogP contribution in [0.15, 0.2) is 17.0 Å². The fourth-order valence-electron chi connectivity index (χ4n) is 3.06. The van der Waals surface area contributed by atoms with Crippen molar-refractivity contribution < 1.29 is 27.8 Å². The van der Waals surface area contributed by atoms with Gasteiger partial charge < -0.3 is 14.6 Å². The zero-order valence-corrected chi connectivity index (χ0v) is 14.9. The first-order valence-corrected chi connectivity index (χ1v) is 9.21. The first-order chi connectivity index (χ1) is 11.3. The van der Waals surface area contributed by atoms with Crippen molar-refractivity contribution in [1.82, 2.24) is 4.31 Å². The normalized spacial score (nSPS) is 19.0. The molecule has 1 aromatic carbocycles. The number of nitrogens with zero attached hydrogens (tertiary/aromatic N) is 1. The van der Waals surface area contributed by atoms with Crippen LogP contribution in [0.25, 0.3) is 0 Å². The number of aryl methyl sites for hydroxylation is 1. The van der Waals surface area contributed by atoms with Crippen LogP contribution in [0.1, 0.15) is 31.2 Å². The summed E-state index contributed by atoms with van der Waals surface area (Å²) in [5, 5.41) is 9.07. The molecule has 0 bridgehead atoms. The molecule has 1 N–H and O–H groups in total. The maximum Gasteiger partial charge on any atom is 0.304 e. The lowest BCUT2D eigenvalue weighted by Gasteiger charge is -2.34. The van der Waals surface area contributed by atoms with Crippen molar-refractivity contribution in [3.05, 3.63) is 17.7 Å². The summed E-state index contributed by atoms with van der Waals surface area (Å²) in [5.41, 5.74) is 0.535. The SMILES string of the molecule is COc1cc(C)c(S(=O)(=O)N2CCCCC2CC(=O)O)cc1OC. The van der Waals surface area contributed by atoms with Crippen LogP contribution in [0.5, 0.6) is 11.5 Å². The topological polar surface area (TPSA) is 93.1 Å². The monoisotopic (exact) mass is 357 g/mol. The summed E-state index contributed by atoms with van der Waals surface area (Å²) in [7, 11) is -0.883. The smallest absolute Gasteiger partial charge is 0.304 e. The second-order valence-corrected chi connectivity index (χ2v) is 7.69. The molecule has 1 aromatic rings. The van der Waals surface area contributed by atoms with Crippen LogP contribution in [0, 0.1) is 6.92 Å². The van der Waals surface area contributed by atoms with Crippen LogP contribution in [-0.2, 0) is 14.8 Å². The first-order valence-electron chi connectivity index (χ1n) is 7.77. The number of aliphatic carboxylic acids is 1. The zero-order chi connectivity index (χ0) is 17.9. The standard InChI is InChI=1S/C16H23NO6S/c1-11-8-13(22-2)14(23-3)10-15(11)24(20,21)17-7-5-4-6-12(17)9-16(18)19/h8,10,12H,4-7,9H2,1-3H3,(H,18,19). The largest absolute Gasteiger partial charge is 0.493 e. The molecule has 0 aromatic heterocycles. The molecule has 0 radical (unpaired) electrons. The van der Waals surface area contributed by atoms with Crippen LogP contribution in [-0.4, -0.2) is 50.6 Å². The molecule has 1 aliphatic rings. The van der Waals surface area contributed by atoms with E-state index in [9.17, 15) is 13.2 Å². The van der Waals surface area contributed by atoms with Gasteiger partial charge in [0.15, 0.2) is 11.5 Å². The van der Waals surface area contributed by atoms with Crippen molar-refractivity contribution in [2.24, 2.45) is 0 Å². The van der Waals surface area contributed by atoms with E-state index in [4.69, 9.17) is 14.6 Å². The third kappa shape index (κ3) is 3.64. The average molecular weight is 357 g/mol. The van der Waals surface area contributed by atoms with Gasteiger partial charge in [0.05, 0.1) is 25.5 Å². The summed E-state index contributed by atoms with van der Waals surface area (Å²) in [4.78, 5) is 11.2. The lowest BCUT2D eigenvalue weighted by atomic mass is 10.0. The van der Waals surface area contributed by atoms with Crippen molar-refractivity contribution in [3.8, 4) is 11.5 Å². The van der Waals surface area contributed by atoms with E-state index in [0.717, 1.165) is 12.8 Å². The van der Waals surface area contributed by atoms with Crippen LogP contribution in [0.3, 0.4) is 0 Å². The Labute approximate surface area is 142 Å². The van der Waals surface area contributed by atoms with Crippen LogP contribution in [0.4, 0.5) is 0 Å². The van der Waals surface area contributed by atoms with E-state index < -0.39 is 22.0 Å². The Hall–Kier alpha value is -1.80. The number of methoxy groups -OCH3 is 2. The van der Waals surface area contributed by atoms with Gasteiger partial charge in [0, 0.05) is 18.7 Å². The van der Waals surface area contributed by atoms with E-state index in [1.807, 2.05) is 0 Å². The van der Waals surface area contributed by atoms with E-state index in [1.165, 1.54) is 24.6 Å². The molecule has 2 rings (SSSR count). The second kappa shape index (κ2) is 7.40. The highest BCUT2D eigenvalue weighted by molar-refractivity contribution is 7.89. The van der Waals surface area contributed by atoms with Gasteiger partial charge in [0.1, 0.15) is 0 Å². The average Bonchev–Trinajstić information content (AvgIpc) is 2.54. The number of carboxylic acid groups (broad SMARTS) is 1. The fraction of sp³-hybridized carbons (Fsp3) is 0.562. The summed E-state index contributed by atoms with van der Waals surface area (Å²) in [6, 6.07) is 2.53. The summed E-state index contributed by atoms with van der Waals surface area (Å²) in [5.74, 6) is -0.214. The van der Waals surface area contributed by atoms with Gasteiger partial charge in [-0.2, -0.15) is 4.31 Å². The van der Waals surface area contributed by atoms with Gasteiger partial charge in [0.25, 0.3) is 0 Å². The van der Waals surface area contributed by atoms with E-state index in [-0.39, 0.29) is 11.3 Å². The van der Waals surface area contributed by atoms with Gasteiger partial charge in [-0.25, -0.2) is 8.42 Å². The molecule has 24 heavy (non-hydrogen) atoms. The number of hydrogen-bond acceptors (Lipinski definition) is 5. The van der Waals surface area contributed by atoms with E-state index >= 15 is 0 Å². The van der Waals surface area contributed by atoms with Gasteiger partial charge >= 0.3 is 5.97 Å². The molecule has 0 amide bonds. The molecular weight excluding hydrogens is 334 g/mol. The van der Waals surface area contributed by atoms with Gasteiger partial charge in [0.2, 0.25) is 10.0 Å². The van der Waals surface area contributed by atoms with Crippen LogP contribution < -0.4 is 9.47 Å². The number of sulfonamides is 1. The quantitative estimate of drug-likeness (QED) is 0.837. The number of carbonyl (C=O) groups is 1. The summed E-state index contributed by atoms with van der Waals surface area (Å²) in [6.07, 6.45) is 1.92. The van der Waals surface area contributed by atoms with Crippen molar-refractivity contribution in [2.45, 2.75) is 43.5 Å². The maximum atomic E-state index is 13.1. The molecule has 7 nitrogen and oxygen atoms in total. The first kappa shape index (κ1) is 18.5. The van der Waals surface area contributed by atoms with Crippen molar-refractivity contribution >= 4 is 16.0 Å². The molecule has 1 unspecified atom stereocenters. The number of hydrogen-bond donors (Lipinski definition) is 1. The maximum absolute atomic E-state index is 13.1. The lowest BCUT2D eigenvalue weighted by molar-refractivity contribution is -0.138. The molecule has 1 heterocycles. The molecule has 1 fully saturated rings. The minimum Gasteiger partial charge on any atom is -0.493 e. The Bertz CT molecular complexity index is 716. The Morgan fingerprint density at radius 1 is 1.25 bits per heavy atom. The number of ether oxygens (including phenoxy) is 2. The molecular formula is C16H23NO6S. The highest BCUT2D eigenvalue weighted by Crippen LogP contribution is 2.35. The Kier molecular flexibility index (Phi) is 5.71. The molecule has 0 saturated carbocycles. The van der Waals surface area contributed by atoms with Crippen molar-refractivity contribution in [3.63, 3.8) is 0 Å². The predicted octanol–water partition coefficient (Wildman–Crippen LogP) is 2.03. The van der Waals surface area contributed by atoms with E-state index in [2.05, 4.69) is 0 Å².